The number of aromatic nitrogens is 2. The SMILES string of the molecule is CC(C)n1cc(S(=O)(=O)Nc2ccc(F)c(F)c2F)c(C(C)(C)C)n1. The van der Waals surface area contributed by atoms with E-state index in [4.69, 9.17) is 0 Å². The molecule has 1 aromatic heterocycles. The lowest BCUT2D eigenvalue weighted by Crippen LogP contribution is -2.21. The molecular weight excluding hydrogens is 355 g/mol. The van der Waals surface area contributed by atoms with Crippen molar-refractivity contribution in [2.45, 2.75) is 51.0 Å². The summed E-state index contributed by atoms with van der Waals surface area (Å²) in [6.07, 6.45) is 1.34. The van der Waals surface area contributed by atoms with Crippen molar-refractivity contribution in [3.63, 3.8) is 0 Å². The Hall–Kier alpha value is -2.03. The molecule has 0 spiro atoms. The van der Waals surface area contributed by atoms with Crippen molar-refractivity contribution in [3.8, 4) is 0 Å². The summed E-state index contributed by atoms with van der Waals surface area (Å²) in [5.41, 5.74) is -0.982. The second kappa shape index (κ2) is 6.36. The molecule has 5 nitrogen and oxygen atoms in total. The predicted octanol–water partition coefficient (Wildman–Crippen LogP) is 3.98. The fourth-order valence-electron chi connectivity index (χ4n) is 2.16. The number of sulfonamides is 1. The van der Waals surface area contributed by atoms with E-state index in [0.29, 0.717) is 6.07 Å². The Labute approximate surface area is 144 Å². The van der Waals surface area contributed by atoms with Crippen LogP contribution >= 0.6 is 0 Å². The molecule has 0 radical (unpaired) electrons. The Bertz CT molecular complexity index is 900. The van der Waals surface area contributed by atoms with E-state index in [1.54, 1.807) is 20.8 Å². The molecule has 0 aliphatic carbocycles. The molecule has 0 bridgehead atoms. The Balaban J connectivity index is 2.55. The third-order valence-corrected chi connectivity index (χ3v) is 4.87. The molecule has 2 rings (SSSR count). The van der Waals surface area contributed by atoms with E-state index in [9.17, 15) is 21.6 Å². The van der Waals surface area contributed by atoms with Crippen LogP contribution in [0.1, 0.15) is 46.4 Å². The van der Waals surface area contributed by atoms with Crippen LogP contribution < -0.4 is 4.72 Å². The minimum Gasteiger partial charge on any atom is -0.276 e. The second-order valence-electron chi connectivity index (χ2n) is 6.99. The summed E-state index contributed by atoms with van der Waals surface area (Å²) >= 11 is 0. The van der Waals surface area contributed by atoms with E-state index in [0.717, 1.165) is 6.07 Å². The van der Waals surface area contributed by atoms with Gasteiger partial charge in [0.15, 0.2) is 17.5 Å². The van der Waals surface area contributed by atoms with Crippen molar-refractivity contribution in [2.75, 3.05) is 4.72 Å². The van der Waals surface area contributed by atoms with Crippen LogP contribution in [0.2, 0.25) is 0 Å². The Morgan fingerprint density at radius 2 is 1.72 bits per heavy atom. The number of rotatable bonds is 4. The molecule has 1 aromatic carbocycles. The highest BCUT2D eigenvalue weighted by molar-refractivity contribution is 7.92. The first-order valence-electron chi connectivity index (χ1n) is 7.60. The summed E-state index contributed by atoms with van der Waals surface area (Å²) in [5.74, 6) is -4.74. The molecule has 0 aliphatic rings. The number of hydrogen-bond donors (Lipinski definition) is 1. The van der Waals surface area contributed by atoms with Gasteiger partial charge < -0.3 is 0 Å². The summed E-state index contributed by atoms with van der Waals surface area (Å²) < 4.78 is 69.1. The number of benzene rings is 1. The normalized spacial score (nSPS) is 12.7. The molecule has 9 heteroatoms. The van der Waals surface area contributed by atoms with Crippen molar-refractivity contribution >= 4 is 15.7 Å². The van der Waals surface area contributed by atoms with E-state index < -0.39 is 38.6 Å². The van der Waals surface area contributed by atoms with Crippen molar-refractivity contribution < 1.29 is 21.6 Å². The first-order valence-corrected chi connectivity index (χ1v) is 9.09. The van der Waals surface area contributed by atoms with Crippen LogP contribution in [-0.2, 0) is 15.4 Å². The van der Waals surface area contributed by atoms with Crippen LogP contribution in [0.5, 0.6) is 0 Å². The molecule has 2 aromatic rings. The van der Waals surface area contributed by atoms with Gasteiger partial charge >= 0.3 is 0 Å². The Morgan fingerprint density at radius 1 is 1.12 bits per heavy atom. The minimum absolute atomic E-state index is 0.0925. The van der Waals surface area contributed by atoms with Gasteiger partial charge in [-0.15, -0.1) is 0 Å². The summed E-state index contributed by atoms with van der Waals surface area (Å²) in [4.78, 5) is -0.141. The van der Waals surface area contributed by atoms with Gasteiger partial charge in [0.2, 0.25) is 0 Å². The van der Waals surface area contributed by atoms with E-state index >= 15 is 0 Å². The first-order chi connectivity index (χ1) is 11.3. The van der Waals surface area contributed by atoms with E-state index in [1.807, 2.05) is 18.6 Å². The predicted molar refractivity (Wildman–Crippen MR) is 88.4 cm³/mol. The lowest BCUT2D eigenvalue weighted by Gasteiger charge is -2.18. The highest BCUT2D eigenvalue weighted by Gasteiger charge is 2.31. The molecule has 0 atom stereocenters. The van der Waals surface area contributed by atoms with Gasteiger partial charge in [0, 0.05) is 17.7 Å². The van der Waals surface area contributed by atoms with Crippen LogP contribution in [0.25, 0.3) is 0 Å². The van der Waals surface area contributed by atoms with Crippen molar-refractivity contribution in [2.24, 2.45) is 0 Å². The van der Waals surface area contributed by atoms with Crippen LogP contribution in [0.15, 0.2) is 23.2 Å². The van der Waals surface area contributed by atoms with E-state index in [-0.39, 0.29) is 16.6 Å². The van der Waals surface area contributed by atoms with Crippen LogP contribution in [0.4, 0.5) is 18.9 Å². The minimum atomic E-state index is -4.25. The van der Waals surface area contributed by atoms with Gasteiger partial charge in [0.25, 0.3) is 10.0 Å². The molecule has 0 saturated heterocycles. The largest absolute Gasteiger partial charge is 0.276 e. The first kappa shape index (κ1) is 19.3. The summed E-state index contributed by atoms with van der Waals surface area (Å²) in [6, 6.07) is 1.39. The van der Waals surface area contributed by atoms with Crippen LogP contribution in [0, 0.1) is 17.5 Å². The second-order valence-corrected chi connectivity index (χ2v) is 8.64. The highest BCUT2D eigenvalue weighted by atomic mass is 32.2. The zero-order chi connectivity index (χ0) is 19.2. The highest BCUT2D eigenvalue weighted by Crippen LogP contribution is 2.30. The van der Waals surface area contributed by atoms with Gasteiger partial charge in [-0.2, -0.15) is 5.10 Å². The van der Waals surface area contributed by atoms with Gasteiger partial charge in [0.05, 0.1) is 11.4 Å². The average molecular weight is 375 g/mol. The monoisotopic (exact) mass is 375 g/mol. The Morgan fingerprint density at radius 3 is 2.24 bits per heavy atom. The van der Waals surface area contributed by atoms with Gasteiger partial charge in [0.1, 0.15) is 4.90 Å². The molecule has 0 fully saturated rings. The zero-order valence-electron chi connectivity index (χ0n) is 14.6. The third-order valence-electron chi connectivity index (χ3n) is 3.51. The molecular formula is C16H20F3N3O2S. The molecule has 25 heavy (non-hydrogen) atoms. The summed E-state index contributed by atoms with van der Waals surface area (Å²) in [5, 5.41) is 4.31. The van der Waals surface area contributed by atoms with Gasteiger partial charge in [-0.1, -0.05) is 20.8 Å². The number of nitrogens with zero attached hydrogens (tertiary/aromatic N) is 2. The van der Waals surface area contributed by atoms with Gasteiger partial charge in [-0.25, -0.2) is 21.6 Å². The number of nitrogens with one attached hydrogen (secondary N) is 1. The molecule has 138 valence electrons. The van der Waals surface area contributed by atoms with Crippen molar-refractivity contribution in [1.29, 1.82) is 0 Å². The van der Waals surface area contributed by atoms with Crippen molar-refractivity contribution in [1.82, 2.24) is 9.78 Å². The Kier molecular flexibility index (Phi) is 4.91. The van der Waals surface area contributed by atoms with Crippen LogP contribution in [0.3, 0.4) is 0 Å². The van der Waals surface area contributed by atoms with Crippen LogP contribution in [-0.4, -0.2) is 18.2 Å². The maximum Gasteiger partial charge on any atom is 0.265 e. The maximum atomic E-state index is 13.8. The fraction of sp³-hybridized carbons (Fsp3) is 0.438. The molecule has 0 aliphatic heterocycles. The molecule has 0 saturated carbocycles. The zero-order valence-corrected chi connectivity index (χ0v) is 15.4. The fourth-order valence-corrected chi connectivity index (χ4v) is 3.57. The van der Waals surface area contributed by atoms with E-state index in [2.05, 4.69) is 5.10 Å². The average Bonchev–Trinajstić information content (AvgIpc) is 2.94. The standard InChI is InChI=1S/C16H20F3N3O2S/c1-9(2)22-8-12(15(20-22)16(3,4)5)25(23,24)21-11-7-6-10(17)13(18)14(11)19/h6-9,21H,1-5H3. The van der Waals surface area contributed by atoms with Gasteiger partial charge in [-0.05, 0) is 26.0 Å². The van der Waals surface area contributed by atoms with E-state index in [1.165, 1.54) is 10.9 Å². The molecule has 0 amide bonds. The molecule has 0 unspecified atom stereocenters. The quantitative estimate of drug-likeness (QED) is 0.822. The molecule has 1 N–H and O–H groups in total. The smallest absolute Gasteiger partial charge is 0.265 e. The maximum absolute atomic E-state index is 13.8. The van der Waals surface area contributed by atoms with Gasteiger partial charge in [-0.3, -0.25) is 9.40 Å². The lowest BCUT2D eigenvalue weighted by molar-refractivity contribution is 0.449. The lowest BCUT2D eigenvalue weighted by atomic mass is 9.92. The van der Waals surface area contributed by atoms with Crippen molar-refractivity contribution in [3.05, 3.63) is 41.5 Å². The number of anilines is 1. The number of hydrogen-bond acceptors (Lipinski definition) is 3. The topological polar surface area (TPSA) is 64.0 Å². The molecule has 1 heterocycles. The summed E-state index contributed by atoms with van der Waals surface area (Å²) in [6.45, 7) is 9.03. The number of halogens is 3. The summed E-state index contributed by atoms with van der Waals surface area (Å²) in [7, 11) is -4.25. The third kappa shape index (κ3) is 3.81.